The molecule has 8 heavy (non-hydrogen) atoms. The lowest BCUT2D eigenvalue weighted by Crippen LogP contribution is -2.02. The van der Waals surface area contributed by atoms with Gasteiger partial charge < -0.3 is 5.73 Å². The molecule has 0 unspecified atom stereocenters. The number of hydrogen-bond donors (Lipinski definition) is 1. The fraction of sp³-hybridized carbons (Fsp3) is 1.00. The summed E-state index contributed by atoms with van der Waals surface area (Å²) in [6.45, 7) is 0. The van der Waals surface area contributed by atoms with E-state index in [1.807, 2.05) is 0 Å². The summed E-state index contributed by atoms with van der Waals surface area (Å²) >= 11 is 0. The molecular formula is C6H12ClN. The number of nitrogens with two attached hydrogens (primary N) is 1. The summed E-state index contributed by atoms with van der Waals surface area (Å²) in [4.78, 5) is 0. The maximum Gasteiger partial charge on any atom is 0.00737 e. The Kier molecular flexibility index (Phi) is 1.50. The predicted octanol–water partition coefficient (Wildman–Crippen LogP) is 1.17. The molecule has 2 aliphatic rings. The summed E-state index contributed by atoms with van der Waals surface area (Å²) in [6, 6.07) is 0.604. The fourth-order valence-electron chi connectivity index (χ4n) is 1.30. The lowest BCUT2D eigenvalue weighted by atomic mass is 10.3. The van der Waals surface area contributed by atoms with Crippen LogP contribution in [0.2, 0.25) is 0 Å². The normalized spacial score (nSPS) is 43.1. The maximum absolute atomic E-state index is 5.61. The third-order valence-corrected chi connectivity index (χ3v) is 2.12. The van der Waals surface area contributed by atoms with E-state index in [1.165, 1.54) is 19.3 Å². The van der Waals surface area contributed by atoms with Gasteiger partial charge in [0.25, 0.3) is 0 Å². The van der Waals surface area contributed by atoms with Gasteiger partial charge in [0, 0.05) is 6.04 Å². The van der Waals surface area contributed by atoms with Crippen molar-refractivity contribution < 1.29 is 0 Å². The molecule has 0 saturated heterocycles. The van der Waals surface area contributed by atoms with E-state index in [2.05, 4.69) is 0 Å². The largest absolute Gasteiger partial charge is 0.327 e. The first-order valence-electron chi connectivity index (χ1n) is 3.13. The van der Waals surface area contributed by atoms with Gasteiger partial charge in [-0.1, -0.05) is 0 Å². The molecule has 0 aromatic rings. The van der Waals surface area contributed by atoms with Gasteiger partial charge in [0.05, 0.1) is 0 Å². The highest BCUT2D eigenvalue weighted by Crippen LogP contribution is 2.48. The molecule has 2 N–H and O–H groups in total. The minimum absolute atomic E-state index is 0. The molecule has 0 aliphatic heterocycles. The molecule has 0 amide bonds. The van der Waals surface area contributed by atoms with Crippen LogP contribution in [0.1, 0.15) is 19.3 Å². The van der Waals surface area contributed by atoms with E-state index in [1.54, 1.807) is 0 Å². The molecule has 2 heteroatoms. The fourth-order valence-corrected chi connectivity index (χ4v) is 1.30. The van der Waals surface area contributed by atoms with Crippen LogP contribution in [0.5, 0.6) is 0 Å². The number of hydrogen-bond acceptors (Lipinski definition) is 1. The van der Waals surface area contributed by atoms with Crippen molar-refractivity contribution in [3.05, 3.63) is 0 Å². The van der Waals surface area contributed by atoms with Gasteiger partial charge in [-0.3, -0.25) is 0 Å². The van der Waals surface area contributed by atoms with E-state index in [9.17, 15) is 0 Å². The van der Waals surface area contributed by atoms with Crippen molar-refractivity contribution in [3.63, 3.8) is 0 Å². The first kappa shape index (κ1) is 6.37. The monoisotopic (exact) mass is 133 g/mol. The summed E-state index contributed by atoms with van der Waals surface area (Å²) in [6.07, 6.45) is 4.27. The van der Waals surface area contributed by atoms with Crippen molar-refractivity contribution in [2.24, 2.45) is 17.6 Å². The Balaban J connectivity index is 0.000000320. The van der Waals surface area contributed by atoms with Crippen LogP contribution in [0.3, 0.4) is 0 Å². The third-order valence-electron chi connectivity index (χ3n) is 2.12. The molecule has 2 rings (SSSR count). The van der Waals surface area contributed by atoms with Crippen LogP contribution in [-0.2, 0) is 0 Å². The molecule has 2 atom stereocenters. The minimum Gasteiger partial charge on any atom is -0.327 e. The molecule has 1 nitrogen and oxygen atoms in total. The van der Waals surface area contributed by atoms with Crippen LogP contribution in [0.25, 0.3) is 0 Å². The molecule has 2 fully saturated rings. The van der Waals surface area contributed by atoms with Crippen LogP contribution < -0.4 is 5.73 Å². The van der Waals surface area contributed by atoms with Crippen LogP contribution >= 0.6 is 12.4 Å². The van der Waals surface area contributed by atoms with Gasteiger partial charge >= 0.3 is 0 Å². The lowest BCUT2D eigenvalue weighted by Gasteiger charge is -1.83. The van der Waals surface area contributed by atoms with Crippen molar-refractivity contribution in [1.82, 2.24) is 0 Å². The quantitative estimate of drug-likeness (QED) is 0.571. The predicted molar refractivity (Wildman–Crippen MR) is 36.1 cm³/mol. The Morgan fingerprint density at radius 2 is 1.75 bits per heavy atom. The number of halogens is 1. The second-order valence-electron chi connectivity index (χ2n) is 2.90. The average molecular weight is 134 g/mol. The van der Waals surface area contributed by atoms with Crippen LogP contribution in [0.4, 0.5) is 0 Å². The molecule has 0 bridgehead atoms. The van der Waals surface area contributed by atoms with E-state index < -0.39 is 0 Å². The zero-order chi connectivity index (χ0) is 4.85. The molecule has 0 aromatic heterocycles. The Hall–Kier alpha value is 0.250. The molecular weight excluding hydrogens is 122 g/mol. The van der Waals surface area contributed by atoms with Crippen LogP contribution in [-0.4, -0.2) is 6.04 Å². The standard InChI is InChI=1S/C6H11N.ClH/c7-6-3-5(6)4-1-2-4;/h4-6H,1-3,7H2;1H/t5-,6+;/m0./s1. The van der Waals surface area contributed by atoms with E-state index in [-0.39, 0.29) is 12.4 Å². The molecule has 0 spiro atoms. The SMILES string of the molecule is Cl.N[C@@H]1C[C@H]1C1CC1. The molecule has 2 saturated carbocycles. The van der Waals surface area contributed by atoms with Gasteiger partial charge in [-0.2, -0.15) is 0 Å². The minimum atomic E-state index is 0. The first-order chi connectivity index (χ1) is 3.38. The van der Waals surface area contributed by atoms with E-state index in [0.29, 0.717) is 6.04 Å². The first-order valence-corrected chi connectivity index (χ1v) is 3.13. The maximum atomic E-state index is 5.61. The topological polar surface area (TPSA) is 26.0 Å². The van der Waals surface area contributed by atoms with Gasteiger partial charge in [-0.05, 0) is 31.1 Å². The summed E-state index contributed by atoms with van der Waals surface area (Å²) in [7, 11) is 0. The van der Waals surface area contributed by atoms with Crippen molar-refractivity contribution in [3.8, 4) is 0 Å². The highest BCUT2D eigenvalue weighted by Gasteiger charge is 2.44. The molecule has 0 radical (unpaired) electrons. The summed E-state index contributed by atoms with van der Waals surface area (Å²) in [5.41, 5.74) is 5.61. The second kappa shape index (κ2) is 1.89. The zero-order valence-electron chi connectivity index (χ0n) is 4.84. The van der Waals surface area contributed by atoms with Gasteiger partial charge in [0.2, 0.25) is 0 Å². The van der Waals surface area contributed by atoms with Gasteiger partial charge in [0.15, 0.2) is 0 Å². The number of rotatable bonds is 1. The van der Waals surface area contributed by atoms with Crippen molar-refractivity contribution in [2.75, 3.05) is 0 Å². The Morgan fingerprint density at radius 3 is 1.88 bits per heavy atom. The molecule has 0 aromatic carbocycles. The molecule has 2 aliphatic carbocycles. The highest BCUT2D eigenvalue weighted by atomic mass is 35.5. The second-order valence-corrected chi connectivity index (χ2v) is 2.90. The van der Waals surface area contributed by atoms with E-state index in [0.717, 1.165) is 11.8 Å². The summed E-state index contributed by atoms with van der Waals surface area (Å²) in [5, 5.41) is 0. The zero-order valence-corrected chi connectivity index (χ0v) is 5.66. The summed E-state index contributed by atoms with van der Waals surface area (Å²) in [5.74, 6) is 2.02. The average Bonchev–Trinajstić information content (AvgIpc) is 2.23. The smallest absolute Gasteiger partial charge is 0.00737 e. The van der Waals surface area contributed by atoms with Crippen LogP contribution in [0, 0.1) is 11.8 Å². The Morgan fingerprint density at radius 1 is 1.25 bits per heavy atom. The molecule has 0 heterocycles. The molecule has 48 valence electrons. The third kappa shape index (κ3) is 0.981. The van der Waals surface area contributed by atoms with Crippen molar-refractivity contribution in [2.45, 2.75) is 25.3 Å². The Bertz CT molecular complexity index is 90.5. The Labute approximate surface area is 56.0 Å². The van der Waals surface area contributed by atoms with Crippen LogP contribution in [0.15, 0.2) is 0 Å². The van der Waals surface area contributed by atoms with Crippen molar-refractivity contribution in [1.29, 1.82) is 0 Å². The summed E-state index contributed by atoms with van der Waals surface area (Å²) < 4.78 is 0. The van der Waals surface area contributed by atoms with Gasteiger partial charge in [-0.15, -0.1) is 12.4 Å². The van der Waals surface area contributed by atoms with Gasteiger partial charge in [0.1, 0.15) is 0 Å². The lowest BCUT2D eigenvalue weighted by molar-refractivity contribution is 0.686. The van der Waals surface area contributed by atoms with E-state index in [4.69, 9.17) is 5.73 Å². The van der Waals surface area contributed by atoms with Crippen molar-refractivity contribution >= 4 is 12.4 Å². The van der Waals surface area contributed by atoms with E-state index >= 15 is 0 Å². The highest BCUT2D eigenvalue weighted by molar-refractivity contribution is 5.85. The van der Waals surface area contributed by atoms with Gasteiger partial charge in [-0.25, -0.2) is 0 Å².